The molecule has 0 aliphatic heterocycles. The van der Waals surface area contributed by atoms with Gasteiger partial charge in [-0.3, -0.25) is 0 Å². The average Bonchev–Trinajstić information content (AvgIpc) is 2.44. The fourth-order valence-electron chi connectivity index (χ4n) is 2.09. The molecule has 0 bridgehead atoms. The van der Waals surface area contributed by atoms with Crippen molar-refractivity contribution in [1.82, 2.24) is 5.32 Å². The van der Waals surface area contributed by atoms with Gasteiger partial charge in [-0.05, 0) is 61.3 Å². The highest BCUT2D eigenvalue weighted by Crippen LogP contribution is 2.17. The second kappa shape index (κ2) is 8.15. The van der Waals surface area contributed by atoms with Crippen molar-refractivity contribution in [2.75, 3.05) is 19.7 Å². The Bertz CT molecular complexity index is 589. The maximum Gasteiger partial charge on any atom is 0.123 e. The molecule has 0 spiro atoms. The van der Waals surface area contributed by atoms with Crippen LogP contribution >= 0.6 is 15.9 Å². The maximum absolute atomic E-state index is 13.0. The zero-order valence-corrected chi connectivity index (χ0v) is 13.6. The van der Waals surface area contributed by atoms with Gasteiger partial charge >= 0.3 is 0 Å². The van der Waals surface area contributed by atoms with Crippen molar-refractivity contribution in [2.45, 2.75) is 13.3 Å². The Hall–Kier alpha value is -1.39. The molecular weight excluding hydrogens is 333 g/mol. The molecule has 0 atom stereocenters. The van der Waals surface area contributed by atoms with E-state index in [2.05, 4.69) is 21.2 Å². The molecule has 2 rings (SSSR count). The van der Waals surface area contributed by atoms with Crippen molar-refractivity contribution in [3.05, 3.63) is 63.9 Å². The summed E-state index contributed by atoms with van der Waals surface area (Å²) in [6.45, 7) is 4.20. The van der Waals surface area contributed by atoms with Gasteiger partial charge in [0.1, 0.15) is 18.2 Å². The fraction of sp³-hybridized carbons (Fsp3) is 0.294. The smallest absolute Gasteiger partial charge is 0.123 e. The summed E-state index contributed by atoms with van der Waals surface area (Å²) in [4.78, 5) is 0. The summed E-state index contributed by atoms with van der Waals surface area (Å²) in [5, 5.41) is 3.33. The SMILES string of the molecule is Cc1cc(F)ccc1CCNCCOc1cccc(Br)c1. The quantitative estimate of drug-likeness (QED) is 0.758. The summed E-state index contributed by atoms with van der Waals surface area (Å²) in [6.07, 6.45) is 0.892. The third kappa shape index (κ3) is 5.48. The van der Waals surface area contributed by atoms with Crippen LogP contribution in [0, 0.1) is 12.7 Å². The first-order valence-corrected chi connectivity index (χ1v) is 7.78. The predicted molar refractivity (Wildman–Crippen MR) is 87.3 cm³/mol. The standard InChI is InChI=1S/C17H19BrFNO/c1-13-11-16(19)6-5-14(13)7-8-20-9-10-21-17-4-2-3-15(18)12-17/h2-6,11-12,20H,7-10H2,1H3. The van der Waals surface area contributed by atoms with Gasteiger partial charge in [0.2, 0.25) is 0 Å². The average molecular weight is 352 g/mol. The summed E-state index contributed by atoms with van der Waals surface area (Å²) in [5.41, 5.74) is 2.18. The number of rotatable bonds is 7. The number of hydrogen-bond donors (Lipinski definition) is 1. The number of benzene rings is 2. The van der Waals surface area contributed by atoms with Gasteiger partial charge in [0.25, 0.3) is 0 Å². The van der Waals surface area contributed by atoms with E-state index in [1.165, 1.54) is 11.6 Å². The first-order chi connectivity index (χ1) is 10.1. The number of halogens is 2. The molecule has 0 aliphatic rings. The molecule has 0 heterocycles. The van der Waals surface area contributed by atoms with Gasteiger partial charge in [0.15, 0.2) is 0 Å². The van der Waals surface area contributed by atoms with Gasteiger partial charge in [0.05, 0.1) is 0 Å². The Kier molecular flexibility index (Phi) is 6.21. The highest BCUT2D eigenvalue weighted by molar-refractivity contribution is 9.10. The van der Waals surface area contributed by atoms with E-state index in [1.807, 2.05) is 37.3 Å². The third-order valence-corrected chi connectivity index (χ3v) is 3.71. The molecule has 0 amide bonds. The van der Waals surface area contributed by atoms with Crippen LogP contribution in [-0.4, -0.2) is 19.7 Å². The van der Waals surface area contributed by atoms with Gasteiger partial charge in [-0.2, -0.15) is 0 Å². The zero-order chi connectivity index (χ0) is 15.1. The minimum atomic E-state index is -0.174. The van der Waals surface area contributed by atoms with Gasteiger partial charge in [-0.15, -0.1) is 0 Å². The lowest BCUT2D eigenvalue weighted by molar-refractivity contribution is 0.314. The first-order valence-electron chi connectivity index (χ1n) is 6.99. The van der Waals surface area contributed by atoms with Crippen LogP contribution in [0.25, 0.3) is 0 Å². The molecule has 112 valence electrons. The molecule has 2 aromatic rings. The summed E-state index contributed by atoms with van der Waals surface area (Å²) >= 11 is 3.41. The van der Waals surface area contributed by atoms with E-state index in [4.69, 9.17) is 4.74 Å². The lowest BCUT2D eigenvalue weighted by atomic mass is 10.1. The first kappa shape index (κ1) is 16.0. The molecule has 21 heavy (non-hydrogen) atoms. The highest BCUT2D eigenvalue weighted by Gasteiger charge is 2.00. The monoisotopic (exact) mass is 351 g/mol. The van der Waals surface area contributed by atoms with E-state index in [-0.39, 0.29) is 5.82 Å². The van der Waals surface area contributed by atoms with Crippen LogP contribution in [0.2, 0.25) is 0 Å². The highest BCUT2D eigenvalue weighted by atomic mass is 79.9. The summed E-state index contributed by atoms with van der Waals surface area (Å²) in [7, 11) is 0. The lowest BCUT2D eigenvalue weighted by Gasteiger charge is -2.09. The largest absolute Gasteiger partial charge is 0.492 e. The molecule has 2 aromatic carbocycles. The Balaban J connectivity index is 1.64. The van der Waals surface area contributed by atoms with Gasteiger partial charge in [-0.1, -0.05) is 28.1 Å². The van der Waals surface area contributed by atoms with Crippen LogP contribution in [0.1, 0.15) is 11.1 Å². The molecule has 0 saturated heterocycles. The molecule has 0 unspecified atom stereocenters. The normalized spacial score (nSPS) is 10.6. The van der Waals surface area contributed by atoms with Crippen molar-refractivity contribution < 1.29 is 9.13 Å². The number of nitrogens with one attached hydrogen (secondary N) is 1. The summed E-state index contributed by atoms with van der Waals surface area (Å²) in [5.74, 6) is 0.687. The van der Waals surface area contributed by atoms with Gasteiger partial charge in [0, 0.05) is 11.0 Å². The topological polar surface area (TPSA) is 21.3 Å². The molecule has 0 saturated carbocycles. The van der Waals surface area contributed by atoms with Crippen LogP contribution < -0.4 is 10.1 Å². The zero-order valence-electron chi connectivity index (χ0n) is 12.0. The van der Waals surface area contributed by atoms with E-state index in [0.717, 1.165) is 35.3 Å². The van der Waals surface area contributed by atoms with E-state index in [1.54, 1.807) is 6.07 Å². The Morgan fingerprint density at radius 1 is 1.14 bits per heavy atom. The molecule has 0 radical (unpaired) electrons. The van der Waals surface area contributed by atoms with Gasteiger partial charge < -0.3 is 10.1 Å². The predicted octanol–water partition coefficient (Wildman–Crippen LogP) is 4.11. The number of ether oxygens (including phenoxy) is 1. The molecule has 0 aromatic heterocycles. The Labute approximate surface area is 133 Å². The minimum Gasteiger partial charge on any atom is -0.492 e. The molecule has 0 fully saturated rings. The Morgan fingerprint density at radius 2 is 2.00 bits per heavy atom. The van der Waals surface area contributed by atoms with Crippen LogP contribution in [0.15, 0.2) is 46.9 Å². The van der Waals surface area contributed by atoms with Crippen molar-refractivity contribution in [3.8, 4) is 5.75 Å². The van der Waals surface area contributed by atoms with Crippen LogP contribution in [-0.2, 0) is 6.42 Å². The maximum atomic E-state index is 13.0. The summed E-state index contributed by atoms with van der Waals surface area (Å²) in [6, 6.07) is 12.7. The van der Waals surface area contributed by atoms with Crippen molar-refractivity contribution in [1.29, 1.82) is 0 Å². The van der Waals surface area contributed by atoms with Crippen LogP contribution in [0.4, 0.5) is 4.39 Å². The molecule has 0 aliphatic carbocycles. The molecule has 1 N–H and O–H groups in total. The second-order valence-corrected chi connectivity index (χ2v) is 5.79. The fourth-order valence-corrected chi connectivity index (χ4v) is 2.46. The number of aryl methyl sites for hydroxylation is 1. The molecule has 4 heteroatoms. The molecule has 2 nitrogen and oxygen atoms in total. The van der Waals surface area contributed by atoms with Crippen molar-refractivity contribution in [2.24, 2.45) is 0 Å². The van der Waals surface area contributed by atoms with Crippen LogP contribution in [0.3, 0.4) is 0 Å². The Morgan fingerprint density at radius 3 is 2.76 bits per heavy atom. The number of hydrogen-bond acceptors (Lipinski definition) is 2. The van der Waals surface area contributed by atoms with Gasteiger partial charge in [-0.25, -0.2) is 4.39 Å². The summed E-state index contributed by atoms with van der Waals surface area (Å²) < 4.78 is 19.6. The van der Waals surface area contributed by atoms with Crippen molar-refractivity contribution in [3.63, 3.8) is 0 Å². The van der Waals surface area contributed by atoms with E-state index in [0.29, 0.717) is 6.61 Å². The van der Waals surface area contributed by atoms with E-state index >= 15 is 0 Å². The van der Waals surface area contributed by atoms with Crippen LogP contribution in [0.5, 0.6) is 5.75 Å². The molecular formula is C17H19BrFNO. The van der Waals surface area contributed by atoms with Crippen molar-refractivity contribution >= 4 is 15.9 Å². The third-order valence-electron chi connectivity index (χ3n) is 3.22. The van der Waals surface area contributed by atoms with E-state index in [9.17, 15) is 4.39 Å². The van der Waals surface area contributed by atoms with E-state index < -0.39 is 0 Å². The lowest BCUT2D eigenvalue weighted by Crippen LogP contribution is -2.23. The minimum absolute atomic E-state index is 0.174. The second-order valence-electron chi connectivity index (χ2n) is 4.88.